The Kier molecular flexibility index (Phi) is 4.97. The molecule has 1 spiro atoms. The number of nitrogens with zero attached hydrogens (tertiary/aromatic N) is 3. The van der Waals surface area contributed by atoms with Crippen molar-refractivity contribution in [2.45, 2.75) is 44.8 Å². The summed E-state index contributed by atoms with van der Waals surface area (Å²) < 4.78 is 2.01. The first kappa shape index (κ1) is 20.9. The van der Waals surface area contributed by atoms with Crippen LogP contribution in [0.3, 0.4) is 0 Å². The molecule has 168 valence electrons. The van der Waals surface area contributed by atoms with Gasteiger partial charge in [0.15, 0.2) is 0 Å². The zero-order valence-electron chi connectivity index (χ0n) is 18.9. The molecule has 4 heterocycles. The third-order valence-electron chi connectivity index (χ3n) is 7.57. The molecule has 3 fully saturated rings. The zero-order chi connectivity index (χ0) is 22.6. The van der Waals surface area contributed by atoms with Crippen LogP contribution < -0.4 is 5.32 Å². The van der Waals surface area contributed by atoms with E-state index in [9.17, 15) is 14.4 Å². The fourth-order valence-corrected chi connectivity index (χ4v) is 5.91. The highest BCUT2D eigenvalue weighted by atomic mass is 16.2. The number of piperidine rings is 1. The Hall–Kier alpha value is -2.93. The SMILES string of the molecule is CCN1C(=O)[C@H]2[C@@H](c3ccc(C)cc3)N[C@]3(CCCN(Cc4cccn4C)C3=O)[C@H]2C1=O. The summed E-state index contributed by atoms with van der Waals surface area (Å²) in [7, 11) is 1.97. The number of benzene rings is 1. The fraction of sp³-hybridized carbons (Fsp3) is 0.480. The van der Waals surface area contributed by atoms with Gasteiger partial charge in [-0.3, -0.25) is 24.6 Å². The monoisotopic (exact) mass is 434 g/mol. The van der Waals surface area contributed by atoms with Crippen molar-refractivity contribution in [3.8, 4) is 0 Å². The quantitative estimate of drug-likeness (QED) is 0.749. The predicted octanol–water partition coefficient (Wildman–Crippen LogP) is 2.16. The number of imide groups is 1. The van der Waals surface area contributed by atoms with Crippen LogP contribution >= 0.6 is 0 Å². The molecule has 0 bridgehead atoms. The number of rotatable bonds is 4. The van der Waals surface area contributed by atoms with Gasteiger partial charge in [-0.2, -0.15) is 0 Å². The molecule has 3 saturated heterocycles. The molecule has 3 amide bonds. The summed E-state index contributed by atoms with van der Waals surface area (Å²) in [5.74, 6) is -1.65. The Balaban J connectivity index is 1.55. The van der Waals surface area contributed by atoms with Crippen LogP contribution in [0, 0.1) is 18.8 Å². The minimum absolute atomic E-state index is 0.0614. The van der Waals surface area contributed by atoms with Gasteiger partial charge in [-0.05, 0) is 44.4 Å². The highest BCUT2D eigenvalue weighted by Crippen LogP contribution is 2.52. The lowest BCUT2D eigenvalue weighted by molar-refractivity contribution is -0.150. The van der Waals surface area contributed by atoms with Crippen molar-refractivity contribution in [3.05, 3.63) is 59.4 Å². The van der Waals surface area contributed by atoms with Gasteiger partial charge in [0.25, 0.3) is 0 Å². The average Bonchev–Trinajstić information content (AvgIpc) is 3.41. The first-order valence-electron chi connectivity index (χ1n) is 11.5. The molecule has 5 rings (SSSR count). The number of carbonyl (C=O) groups excluding carboxylic acids is 3. The number of aryl methyl sites for hydroxylation is 2. The molecular weight excluding hydrogens is 404 g/mol. The minimum Gasteiger partial charge on any atom is -0.353 e. The number of likely N-dealkylation sites (tertiary alicyclic amines) is 2. The first-order valence-corrected chi connectivity index (χ1v) is 11.5. The van der Waals surface area contributed by atoms with Gasteiger partial charge in [-0.1, -0.05) is 29.8 Å². The number of hydrogen-bond donors (Lipinski definition) is 1. The van der Waals surface area contributed by atoms with E-state index in [1.165, 1.54) is 4.90 Å². The topological polar surface area (TPSA) is 74.7 Å². The molecule has 0 aliphatic carbocycles. The Morgan fingerprint density at radius 1 is 1.09 bits per heavy atom. The van der Waals surface area contributed by atoms with E-state index >= 15 is 0 Å². The molecule has 7 heteroatoms. The zero-order valence-corrected chi connectivity index (χ0v) is 18.9. The summed E-state index contributed by atoms with van der Waals surface area (Å²) >= 11 is 0. The number of nitrogens with one attached hydrogen (secondary N) is 1. The van der Waals surface area contributed by atoms with E-state index in [2.05, 4.69) is 5.32 Å². The maximum atomic E-state index is 14.0. The predicted molar refractivity (Wildman–Crippen MR) is 119 cm³/mol. The van der Waals surface area contributed by atoms with Crippen molar-refractivity contribution in [1.82, 2.24) is 19.7 Å². The molecule has 7 nitrogen and oxygen atoms in total. The smallest absolute Gasteiger partial charge is 0.244 e. The highest BCUT2D eigenvalue weighted by molar-refractivity contribution is 6.10. The van der Waals surface area contributed by atoms with E-state index in [1.54, 1.807) is 0 Å². The number of aromatic nitrogens is 1. The van der Waals surface area contributed by atoms with Crippen LogP contribution in [0.15, 0.2) is 42.6 Å². The standard InChI is InChI=1S/C25H30N4O3/c1-4-29-22(30)19-20(23(29)31)25(26-21(19)17-10-8-16(2)9-11-17)12-6-14-28(24(25)32)15-18-7-5-13-27(18)3/h5,7-11,13,19-21,26H,4,6,12,14-15H2,1-3H3/t19-,20-,21-,25-/m1/s1. The molecule has 1 N–H and O–H groups in total. The minimum atomic E-state index is -1.04. The number of hydrogen-bond acceptors (Lipinski definition) is 4. The van der Waals surface area contributed by atoms with E-state index in [0.29, 0.717) is 26.1 Å². The number of carbonyl (C=O) groups is 3. The maximum Gasteiger partial charge on any atom is 0.244 e. The van der Waals surface area contributed by atoms with Gasteiger partial charge in [-0.15, -0.1) is 0 Å². The van der Waals surface area contributed by atoms with E-state index < -0.39 is 17.4 Å². The lowest BCUT2D eigenvalue weighted by atomic mass is 9.74. The van der Waals surface area contributed by atoms with Crippen molar-refractivity contribution in [1.29, 1.82) is 0 Å². The average molecular weight is 435 g/mol. The van der Waals surface area contributed by atoms with Gasteiger partial charge in [0, 0.05) is 38.1 Å². The van der Waals surface area contributed by atoms with Gasteiger partial charge in [0.1, 0.15) is 5.54 Å². The molecule has 1 aromatic heterocycles. The van der Waals surface area contributed by atoms with Crippen molar-refractivity contribution in [2.24, 2.45) is 18.9 Å². The molecule has 0 unspecified atom stereocenters. The Morgan fingerprint density at radius 3 is 2.50 bits per heavy atom. The van der Waals surface area contributed by atoms with Crippen LogP contribution in [0.4, 0.5) is 0 Å². The van der Waals surface area contributed by atoms with E-state index in [1.807, 2.05) is 73.0 Å². The molecule has 4 atom stereocenters. The van der Waals surface area contributed by atoms with E-state index in [0.717, 1.165) is 23.2 Å². The maximum absolute atomic E-state index is 14.0. The highest BCUT2D eigenvalue weighted by Gasteiger charge is 2.68. The van der Waals surface area contributed by atoms with Crippen molar-refractivity contribution >= 4 is 17.7 Å². The molecule has 0 radical (unpaired) electrons. The summed E-state index contributed by atoms with van der Waals surface area (Å²) in [4.78, 5) is 44.0. The summed E-state index contributed by atoms with van der Waals surface area (Å²) in [6.45, 7) is 5.33. The molecule has 0 saturated carbocycles. The van der Waals surface area contributed by atoms with E-state index in [-0.39, 0.29) is 23.8 Å². The van der Waals surface area contributed by atoms with E-state index in [4.69, 9.17) is 0 Å². The third-order valence-corrected chi connectivity index (χ3v) is 7.57. The second kappa shape index (κ2) is 7.59. The fourth-order valence-electron chi connectivity index (χ4n) is 5.91. The molecule has 3 aliphatic rings. The van der Waals surface area contributed by atoms with Crippen molar-refractivity contribution in [2.75, 3.05) is 13.1 Å². The molecule has 32 heavy (non-hydrogen) atoms. The third kappa shape index (κ3) is 2.94. The summed E-state index contributed by atoms with van der Waals surface area (Å²) in [5.41, 5.74) is 2.09. The lowest BCUT2D eigenvalue weighted by Gasteiger charge is -2.42. The lowest BCUT2D eigenvalue weighted by Crippen LogP contribution is -2.63. The van der Waals surface area contributed by atoms with Crippen LogP contribution in [0.5, 0.6) is 0 Å². The second-order valence-corrected chi connectivity index (χ2v) is 9.37. The van der Waals surface area contributed by atoms with Crippen LogP contribution in [0.1, 0.15) is 42.6 Å². The van der Waals surface area contributed by atoms with Gasteiger partial charge < -0.3 is 9.47 Å². The second-order valence-electron chi connectivity index (χ2n) is 9.37. The van der Waals surface area contributed by atoms with Crippen LogP contribution in [0.25, 0.3) is 0 Å². The molecular formula is C25H30N4O3. The summed E-state index contributed by atoms with van der Waals surface area (Å²) in [6, 6.07) is 11.7. The van der Waals surface area contributed by atoms with Gasteiger partial charge >= 0.3 is 0 Å². The van der Waals surface area contributed by atoms with Gasteiger partial charge in [-0.25, -0.2) is 0 Å². The summed E-state index contributed by atoms with van der Waals surface area (Å²) in [5, 5.41) is 3.56. The Bertz CT molecular complexity index is 1080. The molecule has 1 aromatic carbocycles. The van der Waals surface area contributed by atoms with Gasteiger partial charge in [0.2, 0.25) is 17.7 Å². The molecule has 3 aliphatic heterocycles. The van der Waals surface area contributed by atoms with Crippen LogP contribution in [0.2, 0.25) is 0 Å². The Labute approximate surface area is 188 Å². The number of amides is 3. The molecule has 2 aromatic rings. The van der Waals surface area contributed by atoms with Crippen molar-refractivity contribution < 1.29 is 14.4 Å². The van der Waals surface area contributed by atoms with Crippen molar-refractivity contribution in [3.63, 3.8) is 0 Å². The van der Waals surface area contributed by atoms with Gasteiger partial charge in [0.05, 0.1) is 18.4 Å². The van der Waals surface area contributed by atoms with Crippen LogP contribution in [-0.2, 0) is 28.0 Å². The Morgan fingerprint density at radius 2 is 1.84 bits per heavy atom. The largest absolute Gasteiger partial charge is 0.353 e. The first-order chi connectivity index (χ1) is 15.4. The number of fused-ring (bicyclic) bond motifs is 2. The van der Waals surface area contributed by atoms with Crippen LogP contribution in [-0.4, -0.2) is 50.7 Å². The summed E-state index contributed by atoms with van der Waals surface area (Å²) in [6.07, 6.45) is 3.32. The normalized spacial score (nSPS) is 30.0.